The van der Waals surface area contributed by atoms with E-state index >= 15 is 0 Å². The lowest BCUT2D eigenvalue weighted by Crippen LogP contribution is -2.01. The number of carboxylic acids is 1. The quantitative estimate of drug-likeness (QED) is 0.489. The maximum Gasteiger partial charge on any atom is 0.307 e. The van der Waals surface area contributed by atoms with Gasteiger partial charge in [0.2, 0.25) is 0 Å². The number of benzene rings is 2. The summed E-state index contributed by atoms with van der Waals surface area (Å²) in [5, 5.41) is 11.0. The number of ether oxygens (including phenoxy) is 1. The molecule has 0 aliphatic heterocycles. The Balaban J connectivity index is 2.13. The lowest BCUT2D eigenvalue weighted by Gasteiger charge is -2.07. The molecule has 26 heavy (non-hydrogen) atoms. The molecule has 1 heterocycles. The first-order valence-electron chi connectivity index (χ1n) is 8.44. The van der Waals surface area contributed by atoms with Crippen molar-refractivity contribution in [3.05, 3.63) is 52.0 Å². The summed E-state index contributed by atoms with van der Waals surface area (Å²) >= 11 is 12.5. The van der Waals surface area contributed by atoms with Crippen LogP contribution in [0.2, 0.25) is 10.0 Å². The topological polar surface area (TPSA) is 62.3 Å². The van der Waals surface area contributed by atoms with Crippen LogP contribution in [0.3, 0.4) is 0 Å². The number of aliphatic carboxylic acids is 1. The van der Waals surface area contributed by atoms with Crippen LogP contribution < -0.4 is 4.74 Å². The minimum absolute atomic E-state index is 0.128. The molecule has 0 saturated heterocycles. The second kappa shape index (κ2) is 8.02. The molecule has 0 fully saturated rings. The maximum atomic E-state index is 11.4. The van der Waals surface area contributed by atoms with Gasteiger partial charge in [0.05, 0.1) is 28.8 Å². The average Bonchev–Trinajstić information content (AvgIpc) is 2.95. The minimum Gasteiger partial charge on any atom is -0.494 e. The van der Waals surface area contributed by atoms with Crippen molar-refractivity contribution in [3.8, 4) is 17.0 Å². The van der Waals surface area contributed by atoms with E-state index in [1.165, 1.54) is 0 Å². The number of halogens is 2. The molecule has 6 heteroatoms. The fourth-order valence-corrected chi connectivity index (χ4v) is 3.31. The van der Waals surface area contributed by atoms with Crippen LogP contribution in [0.4, 0.5) is 0 Å². The molecule has 0 spiro atoms. The summed E-state index contributed by atoms with van der Waals surface area (Å²) < 4.78 is 5.76. The molecule has 3 rings (SSSR count). The first-order valence-corrected chi connectivity index (χ1v) is 9.20. The van der Waals surface area contributed by atoms with E-state index in [-0.39, 0.29) is 6.42 Å². The molecule has 3 aromatic rings. The molecular formula is C20H19Cl2NO3. The van der Waals surface area contributed by atoms with Crippen LogP contribution in [-0.2, 0) is 11.2 Å². The van der Waals surface area contributed by atoms with Gasteiger partial charge in [-0.2, -0.15) is 0 Å². The van der Waals surface area contributed by atoms with E-state index in [1.54, 1.807) is 12.1 Å². The standard InChI is InChI=1S/C20H19Cl2NO3/c1-2-3-9-26-12-7-8-17-14(10-12)15(11-18(24)25)20(23-17)13-5-4-6-16(21)19(13)22/h4-8,10,23H,2-3,9,11H2,1H3,(H,24,25). The van der Waals surface area contributed by atoms with Crippen LogP contribution in [0.5, 0.6) is 5.75 Å². The molecule has 4 nitrogen and oxygen atoms in total. The Bertz CT molecular complexity index is 950. The van der Waals surface area contributed by atoms with Crippen LogP contribution in [0, 0.1) is 0 Å². The number of carbonyl (C=O) groups is 1. The third-order valence-corrected chi connectivity index (χ3v) is 5.01. The lowest BCUT2D eigenvalue weighted by molar-refractivity contribution is -0.136. The van der Waals surface area contributed by atoms with Crippen LogP contribution >= 0.6 is 23.2 Å². The van der Waals surface area contributed by atoms with Crippen molar-refractivity contribution in [1.29, 1.82) is 0 Å². The number of fused-ring (bicyclic) bond motifs is 1. The molecule has 0 amide bonds. The summed E-state index contributed by atoms with van der Waals surface area (Å²) in [5.74, 6) is -0.192. The van der Waals surface area contributed by atoms with E-state index in [2.05, 4.69) is 11.9 Å². The highest BCUT2D eigenvalue weighted by Gasteiger charge is 2.19. The number of H-pyrrole nitrogens is 1. The Morgan fingerprint density at radius 3 is 2.77 bits per heavy atom. The fraction of sp³-hybridized carbons (Fsp3) is 0.250. The molecule has 0 radical (unpaired) electrons. The molecule has 0 atom stereocenters. The smallest absolute Gasteiger partial charge is 0.307 e. The van der Waals surface area contributed by atoms with Crippen molar-refractivity contribution in [2.45, 2.75) is 26.2 Å². The largest absolute Gasteiger partial charge is 0.494 e. The molecule has 0 saturated carbocycles. The van der Waals surface area contributed by atoms with Gasteiger partial charge < -0.3 is 14.8 Å². The molecule has 0 aliphatic rings. The second-order valence-electron chi connectivity index (χ2n) is 6.06. The van der Waals surface area contributed by atoms with E-state index in [1.807, 2.05) is 24.3 Å². The zero-order chi connectivity index (χ0) is 18.7. The maximum absolute atomic E-state index is 11.4. The zero-order valence-corrected chi connectivity index (χ0v) is 15.8. The summed E-state index contributed by atoms with van der Waals surface area (Å²) in [4.78, 5) is 14.7. The van der Waals surface area contributed by atoms with Gasteiger partial charge in [-0.25, -0.2) is 0 Å². The SMILES string of the molecule is CCCCOc1ccc2[nH]c(-c3cccc(Cl)c3Cl)c(CC(=O)O)c2c1. The van der Waals surface area contributed by atoms with Crippen molar-refractivity contribution in [3.63, 3.8) is 0 Å². The zero-order valence-electron chi connectivity index (χ0n) is 14.3. The van der Waals surface area contributed by atoms with Crippen LogP contribution in [-0.4, -0.2) is 22.7 Å². The Kier molecular flexibility index (Phi) is 5.74. The minimum atomic E-state index is -0.914. The normalized spacial score (nSPS) is 11.0. The molecule has 0 bridgehead atoms. The summed E-state index contributed by atoms with van der Waals surface area (Å²) in [6.45, 7) is 2.73. The molecule has 136 valence electrons. The van der Waals surface area contributed by atoms with Crippen molar-refractivity contribution >= 4 is 40.1 Å². The van der Waals surface area contributed by atoms with Gasteiger partial charge in [-0.3, -0.25) is 4.79 Å². The Labute approximate surface area is 161 Å². The second-order valence-corrected chi connectivity index (χ2v) is 6.85. The van der Waals surface area contributed by atoms with Crippen LogP contribution in [0.1, 0.15) is 25.3 Å². The number of nitrogens with one attached hydrogen (secondary N) is 1. The summed E-state index contributed by atoms with van der Waals surface area (Å²) in [5.41, 5.74) is 2.84. The Hall–Kier alpha value is -2.17. The van der Waals surface area contributed by atoms with Gasteiger partial charge in [0, 0.05) is 16.5 Å². The number of carboxylic acid groups (broad SMARTS) is 1. The first kappa shape index (κ1) is 18.6. The van der Waals surface area contributed by atoms with E-state index < -0.39 is 5.97 Å². The Morgan fingerprint density at radius 2 is 2.04 bits per heavy atom. The van der Waals surface area contributed by atoms with Gasteiger partial charge in [0.1, 0.15) is 5.75 Å². The predicted molar refractivity (Wildman–Crippen MR) is 105 cm³/mol. The van der Waals surface area contributed by atoms with Crippen molar-refractivity contribution in [2.75, 3.05) is 6.61 Å². The number of aromatic amines is 1. The van der Waals surface area contributed by atoms with Crippen LogP contribution in [0.25, 0.3) is 22.2 Å². The highest BCUT2D eigenvalue weighted by atomic mass is 35.5. The first-order chi connectivity index (χ1) is 12.5. The van der Waals surface area contributed by atoms with E-state index in [4.69, 9.17) is 27.9 Å². The van der Waals surface area contributed by atoms with Gasteiger partial charge in [-0.15, -0.1) is 0 Å². The molecule has 0 unspecified atom stereocenters. The molecular weight excluding hydrogens is 373 g/mol. The lowest BCUT2D eigenvalue weighted by atomic mass is 10.0. The number of unbranched alkanes of at least 4 members (excludes halogenated alkanes) is 1. The predicted octanol–water partition coefficient (Wildman–Crippen LogP) is 5.95. The summed E-state index contributed by atoms with van der Waals surface area (Å²) in [6, 6.07) is 11.0. The number of hydrogen-bond donors (Lipinski definition) is 2. The van der Waals surface area contributed by atoms with Crippen molar-refractivity contribution in [1.82, 2.24) is 4.98 Å². The average molecular weight is 392 g/mol. The van der Waals surface area contributed by atoms with Gasteiger partial charge in [0.25, 0.3) is 0 Å². The molecule has 1 aromatic heterocycles. The van der Waals surface area contributed by atoms with Gasteiger partial charge in [0.15, 0.2) is 0 Å². The third-order valence-electron chi connectivity index (χ3n) is 4.19. The fourth-order valence-electron chi connectivity index (χ4n) is 2.91. The number of hydrogen-bond acceptors (Lipinski definition) is 2. The van der Waals surface area contributed by atoms with Crippen molar-refractivity contribution < 1.29 is 14.6 Å². The third kappa shape index (κ3) is 3.81. The highest BCUT2D eigenvalue weighted by Crippen LogP contribution is 2.38. The van der Waals surface area contributed by atoms with E-state index in [0.29, 0.717) is 33.5 Å². The number of rotatable bonds is 7. The van der Waals surface area contributed by atoms with E-state index in [9.17, 15) is 9.90 Å². The molecule has 0 aliphatic carbocycles. The van der Waals surface area contributed by atoms with Gasteiger partial charge in [-0.1, -0.05) is 48.7 Å². The Morgan fingerprint density at radius 1 is 1.23 bits per heavy atom. The summed E-state index contributed by atoms with van der Waals surface area (Å²) in [7, 11) is 0. The van der Waals surface area contributed by atoms with E-state index in [0.717, 1.165) is 29.5 Å². The highest BCUT2D eigenvalue weighted by molar-refractivity contribution is 6.43. The van der Waals surface area contributed by atoms with Gasteiger partial charge in [-0.05, 0) is 36.2 Å². The van der Waals surface area contributed by atoms with Crippen LogP contribution in [0.15, 0.2) is 36.4 Å². The summed E-state index contributed by atoms with van der Waals surface area (Å²) in [6.07, 6.45) is 1.89. The van der Waals surface area contributed by atoms with Crippen molar-refractivity contribution in [2.24, 2.45) is 0 Å². The molecule has 2 aromatic carbocycles. The monoisotopic (exact) mass is 391 g/mol. The molecule has 2 N–H and O–H groups in total. The number of aromatic nitrogens is 1. The van der Waals surface area contributed by atoms with Gasteiger partial charge >= 0.3 is 5.97 Å².